The van der Waals surface area contributed by atoms with Crippen LogP contribution in [0.2, 0.25) is 0 Å². The zero-order valence-electron chi connectivity index (χ0n) is 11.7. The second-order valence-corrected chi connectivity index (χ2v) is 1.44. The van der Waals surface area contributed by atoms with E-state index < -0.39 is 38.0 Å². The number of hydrogen-bond acceptors (Lipinski definition) is 2. The molecule has 0 aliphatic carbocycles. The van der Waals surface area contributed by atoms with Crippen molar-refractivity contribution >= 4 is 5.97 Å². The Hall–Kier alpha value is -0.570. The molecule has 3 nitrogen and oxygen atoms in total. The van der Waals surface area contributed by atoms with E-state index in [9.17, 15) is 4.79 Å². The highest BCUT2D eigenvalue weighted by Gasteiger charge is 2.17. The molecule has 0 bridgehead atoms. The predicted octanol–water partition coefficient (Wildman–Crippen LogP) is 0.444. The van der Waals surface area contributed by atoms with Crippen LogP contribution in [0.25, 0.3) is 0 Å². The van der Waals surface area contributed by atoms with Gasteiger partial charge in [-0.3, -0.25) is 4.79 Å². The first-order valence-electron chi connectivity index (χ1n) is 5.94. The third-order valence-corrected chi connectivity index (χ3v) is 0.781. The van der Waals surface area contributed by atoms with Crippen molar-refractivity contribution in [3.05, 3.63) is 0 Å². The van der Waals surface area contributed by atoms with Crippen molar-refractivity contribution in [3.8, 4) is 0 Å². The molecule has 0 saturated heterocycles. The van der Waals surface area contributed by atoms with Crippen LogP contribution in [0.1, 0.15) is 29.7 Å². The van der Waals surface area contributed by atoms with Crippen molar-refractivity contribution in [1.29, 1.82) is 0 Å². The van der Waals surface area contributed by atoms with Crippen LogP contribution in [0.3, 0.4) is 0 Å². The van der Waals surface area contributed by atoms with Crippen molar-refractivity contribution in [2.24, 2.45) is 11.6 Å². The van der Waals surface area contributed by atoms with Gasteiger partial charge in [-0.05, 0) is 5.89 Å². The number of rotatable bonds is 3. The summed E-state index contributed by atoms with van der Waals surface area (Å²) in [5.74, 6) is -4.63. The molecule has 54 valence electrons. The first kappa shape index (κ1) is 2.23. The average molecular weight is 138 g/mol. The maximum absolute atomic E-state index is 10.6. The Labute approximate surface area is 64.7 Å². The smallest absolute Gasteiger partial charge is 0.320 e. The highest BCUT2D eigenvalue weighted by atomic mass is 16.4. The molecule has 3 N–H and O–H groups in total. The minimum Gasteiger partial charge on any atom is -0.480 e. The molecule has 0 aliphatic heterocycles. The van der Waals surface area contributed by atoms with Crippen molar-refractivity contribution in [3.63, 3.8) is 0 Å². The summed E-state index contributed by atoms with van der Waals surface area (Å²) in [6, 6.07) is -2.15. The number of nitrogens with two attached hydrogens (primary N) is 1. The number of carbonyl (C=O) groups is 1. The lowest BCUT2D eigenvalue weighted by Gasteiger charge is -2.11. The fourth-order valence-electron chi connectivity index (χ4n) is 0.237. The lowest BCUT2D eigenvalue weighted by molar-refractivity contribution is -0.139. The summed E-state index contributed by atoms with van der Waals surface area (Å²) < 4.78 is 49.8. The second kappa shape index (κ2) is 3.45. The zero-order chi connectivity index (χ0) is 13.3. The maximum Gasteiger partial charge on any atom is 0.320 e. The van der Waals surface area contributed by atoms with Crippen molar-refractivity contribution in [1.82, 2.24) is 0 Å². The summed E-state index contributed by atoms with van der Waals surface area (Å²) in [5, 5.41) is 8.61. The third kappa shape index (κ3) is 2.46. The molecule has 0 heterocycles. The summed E-state index contributed by atoms with van der Waals surface area (Å²) in [7, 11) is 0. The SMILES string of the molecule is [2H]C([2H])C([2H])[C@]([2H])([C@H](N)C(=O)O)C([2H])([2H])[2H]. The van der Waals surface area contributed by atoms with E-state index in [0.29, 0.717) is 0 Å². The fraction of sp³-hybridized carbons (Fsp3) is 0.833. The Morgan fingerprint density at radius 3 is 3.22 bits per heavy atom. The normalized spacial score (nSPS) is 36.9. The van der Waals surface area contributed by atoms with Crippen LogP contribution in [0.4, 0.5) is 0 Å². The molecule has 3 heteroatoms. The molecular formula is C6H13NO2. The highest BCUT2D eigenvalue weighted by molar-refractivity contribution is 5.73. The standard InChI is InChI=1S/C6H13NO2/c1-3-4(2)5(7)6(8)9/h4-5H,3,7H2,1-2H3,(H,8,9)/t4-,5+/m1/s1/i1D2,2D3,3D,4D/t3?,4-,5+. The minimum atomic E-state index is -3.16. The van der Waals surface area contributed by atoms with Gasteiger partial charge in [0.25, 0.3) is 0 Å². The van der Waals surface area contributed by atoms with E-state index >= 15 is 0 Å². The molecule has 0 spiro atoms. The first-order chi connectivity index (χ1) is 6.96. The topological polar surface area (TPSA) is 63.3 Å². The molecule has 0 aromatic heterocycles. The predicted molar refractivity (Wildman–Crippen MR) is 35.1 cm³/mol. The van der Waals surface area contributed by atoms with Crippen molar-refractivity contribution < 1.29 is 19.5 Å². The number of hydrogen-bond donors (Lipinski definition) is 2. The molecule has 1 unspecified atom stereocenters. The monoisotopic (exact) mass is 138 g/mol. The zero-order valence-corrected chi connectivity index (χ0v) is 4.66. The average Bonchev–Trinajstić information content (AvgIpc) is 2.11. The van der Waals surface area contributed by atoms with Crippen LogP contribution in [-0.2, 0) is 4.79 Å². The quantitative estimate of drug-likeness (QED) is 0.595. The molecule has 0 fully saturated rings. The molecule has 0 radical (unpaired) electrons. The summed E-state index contributed by atoms with van der Waals surface area (Å²) in [6.07, 6.45) is -2.06. The molecule has 3 atom stereocenters. The van der Waals surface area contributed by atoms with E-state index in [1.807, 2.05) is 0 Å². The van der Waals surface area contributed by atoms with Gasteiger partial charge < -0.3 is 10.8 Å². The van der Waals surface area contributed by atoms with Gasteiger partial charge in [0.05, 0.1) is 0 Å². The first-order valence-corrected chi connectivity index (χ1v) is 2.21. The third-order valence-electron chi connectivity index (χ3n) is 0.781. The molecule has 0 aromatic rings. The molecule has 0 aromatic carbocycles. The molecule has 0 aliphatic rings. The van der Waals surface area contributed by atoms with Gasteiger partial charge in [-0.15, -0.1) is 0 Å². The lowest BCUT2D eigenvalue weighted by atomic mass is 10.0. The van der Waals surface area contributed by atoms with Gasteiger partial charge >= 0.3 is 5.97 Å². The van der Waals surface area contributed by atoms with Crippen molar-refractivity contribution in [2.75, 3.05) is 0 Å². The highest BCUT2D eigenvalue weighted by Crippen LogP contribution is 2.04. The molecule has 0 saturated carbocycles. The Morgan fingerprint density at radius 2 is 2.89 bits per heavy atom. The van der Waals surface area contributed by atoms with Gasteiger partial charge in [0.1, 0.15) is 6.04 Å². The van der Waals surface area contributed by atoms with Gasteiger partial charge in [-0.2, -0.15) is 0 Å². The van der Waals surface area contributed by atoms with Crippen LogP contribution in [0.15, 0.2) is 0 Å². The summed E-state index contributed by atoms with van der Waals surface area (Å²) >= 11 is 0. The Morgan fingerprint density at radius 1 is 2.22 bits per heavy atom. The van der Waals surface area contributed by atoms with Crippen LogP contribution < -0.4 is 5.73 Å². The van der Waals surface area contributed by atoms with Crippen LogP contribution in [0.5, 0.6) is 0 Å². The summed E-state index contributed by atoms with van der Waals surface area (Å²) in [6.45, 7) is -5.12. The van der Waals surface area contributed by atoms with Gasteiger partial charge in [0, 0.05) is 9.60 Å². The Bertz CT molecular complexity index is 268. The number of carboxylic acids is 1. The maximum atomic E-state index is 10.6. The lowest BCUT2D eigenvalue weighted by Crippen LogP contribution is -2.36. The van der Waals surface area contributed by atoms with Gasteiger partial charge in [0.15, 0.2) is 0 Å². The minimum absolute atomic E-state index is 1.75. The molecular weight excluding hydrogens is 118 g/mol. The van der Waals surface area contributed by atoms with E-state index in [-0.39, 0.29) is 0 Å². The largest absolute Gasteiger partial charge is 0.480 e. The molecule has 9 heavy (non-hydrogen) atoms. The fourth-order valence-corrected chi connectivity index (χ4v) is 0.237. The molecule has 0 rings (SSSR count). The number of aliphatic carboxylic acids is 1. The van der Waals surface area contributed by atoms with Crippen LogP contribution >= 0.6 is 0 Å². The van der Waals surface area contributed by atoms with Crippen LogP contribution in [0, 0.1) is 5.89 Å². The van der Waals surface area contributed by atoms with E-state index in [0.717, 1.165) is 0 Å². The second-order valence-electron chi connectivity index (χ2n) is 1.44. The Balaban J connectivity index is 5.45. The van der Waals surface area contributed by atoms with Crippen LogP contribution in [-0.4, -0.2) is 17.1 Å². The van der Waals surface area contributed by atoms with Gasteiger partial charge in [-0.1, -0.05) is 20.1 Å². The van der Waals surface area contributed by atoms with E-state index in [1.54, 1.807) is 0 Å². The number of carboxylic acid groups (broad SMARTS) is 1. The Kier molecular flexibility index (Phi) is 0.858. The summed E-state index contributed by atoms with van der Waals surface area (Å²) in [5.41, 5.74) is 5.09. The van der Waals surface area contributed by atoms with Gasteiger partial charge in [0.2, 0.25) is 0 Å². The molecule has 0 amide bonds. The van der Waals surface area contributed by atoms with E-state index in [2.05, 4.69) is 0 Å². The summed E-state index contributed by atoms with van der Waals surface area (Å²) in [4.78, 5) is 10.6. The van der Waals surface area contributed by atoms with E-state index in [1.165, 1.54) is 0 Å². The van der Waals surface area contributed by atoms with E-state index in [4.69, 9.17) is 20.4 Å². The van der Waals surface area contributed by atoms with Crippen molar-refractivity contribution in [2.45, 2.75) is 26.2 Å². The van der Waals surface area contributed by atoms with Gasteiger partial charge in [-0.25, -0.2) is 0 Å².